The van der Waals surface area contributed by atoms with Crippen molar-refractivity contribution < 1.29 is 4.74 Å². The molecule has 0 spiro atoms. The van der Waals surface area contributed by atoms with Gasteiger partial charge in [0.25, 0.3) is 0 Å². The monoisotopic (exact) mass is 518 g/mol. The molecule has 0 bridgehead atoms. The minimum Gasteiger partial charge on any atom is -0.487 e. The van der Waals surface area contributed by atoms with Gasteiger partial charge in [-0.05, 0) is 80.6 Å². The Morgan fingerprint density at radius 1 is 1.14 bits per heavy atom. The van der Waals surface area contributed by atoms with Crippen LogP contribution in [0.2, 0.25) is 0 Å². The standard InChI is InChI=1S/C15H12I2N4O/c1-9-4-2-3-5-10(9)8-22-14-12(16)6-11(7-13(14)17)15-18-20-21-19-15/h2-7H,8H2,1H3,(H,18,19,20,21). The van der Waals surface area contributed by atoms with Crippen molar-refractivity contribution in [1.29, 1.82) is 0 Å². The Morgan fingerprint density at radius 3 is 2.50 bits per heavy atom. The average Bonchev–Trinajstić information content (AvgIpc) is 3.02. The van der Waals surface area contributed by atoms with Crippen molar-refractivity contribution in [2.45, 2.75) is 13.5 Å². The van der Waals surface area contributed by atoms with Crippen molar-refractivity contribution in [3.05, 3.63) is 54.7 Å². The van der Waals surface area contributed by atoms with Crippen LogP contribution in [0.5, 0.6) is 5.75 Å². The zero-order chi connectivity index (χ0) is 15.5. The van der Waals surface area contributed by atoms with E-state index in [1.54, 1.807) is 0 Å². The molecule has 0 amide bonds. The summed E-state index contributed by atoms with van der Waals surface area (Å²) in [6.07, 6.45) is 0. The van der Waals surface area contributed by atoms with Gasteiger partial charge < -0.3 is 4.74 Å². The Bertz CT molecular complexity index is 767. The van der Waals surface area contributed by atoms with E-state index in [1.165, 1.54) is 11.1 Å². The van der Waals surface area contributed by atoms with Gasteiger partial charge in [-0.1, -0.05) is 24.3 Å². The fraction of sp³-hybridized carbons (Fsp3) is 0.133. The van der Waals surface area contributed by atoms with Crippen LogP contribution >= 0.6 is 45.2 Å². The van der Waals surface area contributed by atoms with E-state index >= 15 is 0 Å². The van der Waals surface area contributed by atoms with Crippen LogP contribution in [0.1, 0.15) is 11.1 Å². The molecule has 3 aromatic rings. The number of aryl methyl sites for hydroxylation is 1. The number of nitrogens with one attached hydrogen (secondary N) is 1. The first-order chi connectivity index (χ1) is 10.6. The molecule has 0 saturated carbocycles. The Morgan fingerprint density at radius 2 is 1.86 bits per heavy atom. The fourth-order valence-electron chi connectivity index (χ4n) is 2.03. The lowest BCUT2D eigenvalue weighted by molar-refractivity contribution is 0.301. The predicted octanol–water partition coefficient (Wildman–Crippen LogP) is 3.96. The third-order valence-corrected chi connectivity index (χ3v) is 4.84. The largest absolute Gasteiger partial charge is 0.487 e. The summed E-state index contributed by atoms with van der Waals surface area (Å²) in [7, 11) is 0. The van der Waals surface area contributed by atoms with Crippen LogP contribution in [-0.2, 0) is 6.61 Å². The molecule has 5 nitrogen and oxygen atoms in total. The Labute approximate surface area is 155 Å². The SMILES string of the molecule is Cc1ccccc1COc1c(I)cc(-c2nn[nH]n2)cc1I. The molecule has 1 aromatic heterocycles. The lowest BCUT2D eigenvalue weighted by Crippen LogP contribution is -2.01. The van der Waals surface area contributed by atoms with Crippen molar-refractivity contribution in [3.8, 4) is 17.1 Å². The first-order valence-electron chi connectivity index (χ1n) is 6.55. The van der Waals surface area contributed by atoms with Crippen LogP contribution < -0.4 is 4.74 Å². The van der Waals surface area contributed by atoms with Crippen LogP contribution in [0.15, 0.2) is 36.4 Å². The zero-order valence-electron chi connectivity index (χ0n) is 11.7. The third-order valence-electron chi connectivity index (χ3n) is 3.24. The second kappa shape index (κ2) is 6.90. The van der Waals surface area contributed by atoms with E-state index in [2.05, 4.69) is 84.9 Å². The van der Waals surface area contributed by atoms with Crippen molar-refractivity contribution >= 4 is 45.2 Å². The maximum atomic E-state index is 6.03. The quantitative estimate of drug-likeness (QED) is 0.532. The zero-order valence-corrected chi connectivity index (χ0v) is 16.0. The number of nitrogens with zero attached hydrogens (tertiary/aromatic N) is 3. The summed E-state index contributed by atoms with van der Waals surface area (Å²) in [5.41, 5.74) is 3.35. The highest BCUT2D eigenvalue weighted by Gasteiger charge is 2.13. The molecule has 0 radical (unpaired) electrons. The molecule has 0 fully saturated rings. The molecule has 1 heterocycles. The highest BCUT2D eigenvalue weighted by molar-refractivity contribution is 14.1. The van der Waals surface area contributed by atoms with Crippen LogP contribution in [0.25, 0.3) is 11.4 Å². The molecular weight excluding hydrogens is 506 g/mol. The highest BCUT2D eigenvalue weighted by Crippen LogP contribution is 2.32. The second-order valence-corrected chi connectivity index (χ2v) is 7.04. The number of H-pyrrole nitrogens is 1. The number of hydrogen-bond acceptors (Lipinski definition) is 4. The summed E-state index contributed by atoms with van der Waals surface area (Å²) >= 11 is 4.54. The van der Waals surface area contributed by atoms with Crippen molar-refractivity contribution in [2.24, 2.45) is 0 Å². The number of aromatic nitrogens is 4. The second-order valence-electron chi connectivity index (χ2n) is 4.72. The molecule has 2 aromatic carbocycles. The van der Waals surface area contributed by atoms with Gasteiger partial charge in [0.1, 0.15) is 12.4 Å². The number of hydrogen-bond donors (Lipinski definition) is 1. The lowest BCUT2D eigenvalue weighted by atomic mass is 10.1. The third kappa shape index (κ3) is 3.40. The van der Waals surface area contributed by atoms with E-state index in [1.807, 2.05) is 24.3 Å². The van der Waals surface area contributed by atoms with E-state index in [9.17, 15) is 0 Å². The molecular formula is C15H12I2N4O. The number of tetrazole rings is 1. The normalized spacial score (nSPS) is 10.7. The topological polar surface area (TPSA) is 63.7 Å². The molecule has 1 N–H and O–H groups in total. The van der Waals surface area contributed by atoms with Crippen LogP contribution in [0.3, 0.4) is 0 Å². The molecule has 3 rings (SSSR count). The smallest absolute Gasteiger partial charge is 0.204 e. The molecule has 0 aliphatic carbocycles. The first-order valence-corrected chi connectivity index (χ1v) is 8.71. The maximum absolute atomic E-state index is 6.03. The number of halogens is 2. The predicted molar refractivity (Wildman–Crippen MR) is 101 cm³/mol. The minimum absolute atomic E-state index is 0.556. The average molecular weight is 518 g/mol. The molecule has 22 heavy (non-hydrogen) atoms. The van der Waals surface area contributed by atoms with Crippen molar-refractivity contribution in [3.63, 3.8) is 0 Å². The Hall–Kier alpha value is -1.23. The maximum Gasteiger partial charge on any atom is 0.204 e. The molecule has 0 atom stereocenters. The van der Waals surface area contributed by atoms with E-state index in [-0.39, 0.29) is 0 Å². The lowest BCUT2D eigenvalue weighted by Gasteiger charge is -2.12. The number of benzene rings is 2. The van der Waals surface area contributed by atoms with Gasteiger partial charge in [0.05, 0.1) is 7.14 Å². The number of ether oxygens (including phenoxy) is 1. The summed E-state index contributed by atoms with van der Waals surface area (Å²) in [5.74, 6) is 1.47. The molecule has 0 aliphatic rings. The molecule has 112 valence electrons. The van der Waals surface area contributed by atoms with Gasteiger partial charge in [-0.25, -0.2) is 0 Å². The minimum atomic E-state index is 0.556. The van der Waals surface area contributed by atoms with Gasteiger partial charge >= 0.3 is 0 Å². The van der Waals surface area contributed by atoms with Gasteiger partial charge in [-0.3, -0.25) is 0 Å². The summed E-state index contributed by atoms with van der Waals surface area (Å²) in [4.78, 5) is 0. The van der Waals surface area contributed by atoms with E-state index in [0.717, 1.165) is 18.5 Å². The van der Waals surface area contributed by atoms with Crippen LogP contribution in [-0.4, -0.2) is 20.6 Å². The Balaban J connectivity index is 1.84. The van der Waals surface area contributed by atoms with Gasteiger partial charge in [-0.2, -0.15) is 5.21 Å². The molecule has 0 unspecified atom stereocenters. The van der Waals surface area contributed by atoms with Gasteiger partial charge in [0, 0.05) is 5.56 Å². The number of rotatable bonds is 4. The molecule has 0 saturated heterocycles. The summed E-state index contributed by atoms with van der Waals surface area (Å²) < 4.78 is 8.08. The van der Waals surface area contributed by atoms with Crippen molar-refractivity contribution in [1.82, 2.24) is 20.6 Å². The molecule has 0 aliphatic heterocycles. The summed E-state index contributed by atoms with van der Waals surface area (Å²) in [6, 6.07) is 12.2. The van der Waals surface area contributed by atoms with Gasteiger partial charge in [0.15, 0.2) is 0 Å². The van der Waals surface area contributed by atoms with E-state index in [4.69, 9.17) is 4.74 Å². The molecule has 7 heteroatoms. The van der Waals surface area contributed by atoms with E-state index in [0.29, 0.717) is 12.4 Å². The summed E-state index contributed by atoms with van der Waals surface area (Å²) in [6.45, 7) is 2.65. The van der Waals surface area contributed by atoms with Gasteiger partial charge in [0.2, 0.25) is 5.82 Å². The van der Waals surface area contributed by atoms with Crippen molar-refractivity contribution in [2.75, 3.05) is 0 Å². The van der Waals surface area contributed by atoms with Crippen LogP contribution in [0, 0.1) is 14.1 Å². The van der Waals surface area contributed by atoms with Gasteiger partial charge in [-0.15, -0.1) is 10.2 Å². The first kappa shape index (κ1) is 15.7. The summed E-state index contributed by atoms with van der Waals surface area (Å²) in [5, 5.41) is 14.1. The Kier molecular flexibility index (Phi) is 4.91. The fourth-order valence-corrected chi connectivity index (χ4v) is 4.11. The van der Waals surface area contributed by atoms with Crippen LogP contribution in [0.4, 0.5) is 0 Å². The van der Waals surface area contributed by atoms with E-state index < -0.39 is 0 Å². The highest BCUT2D eigenvalue weighted by atomic mass is 127. The number of aromatic amines is 1.